The molecule has 1 aromatic carbocycles. The molecule has 1 aliphatic rings. The number of aryl methyl sites for hydroxylation is 3. The maximum absolute atomic E-state index is 12.9. The van der Waals surface area contributed by atoms with Crippen molar-refractivity contribution in [2.45, 2.75) is 33.2 Å². The molecule has 3 rings (SSSR count). The number of likely N-dealkylation sites (tertiary alicyclic amines) is 1. The average molecular weight is 346 g/mol. The molecule has 0 radical (unpaired) electrons. The zero-order valence-electron chi connectivity index (χ0n) is 14.6. The van der Waals surface area contributed by atoms with Gasteiger partial charge in [0.05, 0.1) is 5.69 Å². The summed E-state index contributed by atoms with van der Waals surface area (Å²) in [5.74, 6) is 0.312. The predicted molar refractivity (Wildman–Crippen MR) is 96.5 cm³/mol. The molecule has 1 fully saturated rings. The third kappa shape index (κ3) is 3.70. The highest BCUT2D eigenvalue weighted by atomic mass is 35.5. The first-order chi connectivity index (χ1) is 11.4. The van der Waals surface area contributed by atoms with E-state index in [4.69, 9.17) is 11.6 Å². The topological polar surface area (TPSA) is 38.1 Å². The Labute approximate surface area is 148 Å². The van der Waals surface area contributed by atoms with Crippen LogP contribution in [-0.2, 0) is 13.6 Å². The molecule has 0 saturated carbocycles. The van der Waals surface area contributed by atoms with E-state index in [-0.39, 0.29) is 11.7 Å². The second kappa shape index (κ2) is 7.08. The van der Waals surface area contributed by atoms with E-state index in [0.717, 1.165) is 49.3 Å². The van der Waals surface area contributed by atoms with Crippen LogP contribution in [0.5, 0.6) is 0 Å². The minimum atomic E-state index is 0.0654. The van der Waals surface area contributed by atoms with E-state index in [1.54, 1.807) is 6.07 Å². The van der Waals surface area contributed by atoms with Crippen molar-refractivity contribution in [2.75, 3.05) is 13.1 Å². The Bertz CT molecular complexity index is 753. The lowest BCUT2D eigenvalue weighted by atomic mass is 9.88. The molecule has 1 atom stereocenters. The van der Waals surface area contributed by atoms with Crippen molar-refractivity contribution in [1.82, 2.24) is 14.7 Å². The molecule has 0 amide bonds. The number of ketones is 1. The van der Waals surface area contributed by atoms with Crippen LogP contribution >= 0.6 is 11.6 Å². The largest absolute Gasteiger partial charge is 0.298 e. The Morgan fingerprint density at radius 1 is 1.38 bits per heavy atom. The summed E-state index contributed by atoms with van der Waals surface area (Å²) in [6, 6.07) is 5.54. The Kier molecular flexibility index (Phi) is 5.07. The minimum absolute atomic E-state index is 0.0654. The van der Waals surface area contributed by atoms with Gasteiger partial charge in [-0.15, -0.1) is 0 Å². The highest BCUT2D eigenvalue weighted by molar-refractivity contribution is 6.30. The second-order valence-electron chi connectivity index (χ2n) is 6.81. The number of aromatic nitrogens is 2. The van der Waals surface area contributed by atoms with Crippen LogP contribution in [0.2, 0.25) is 5.02 Å². The molecule has 0 N–H and O–H groups in total. The molecule has 0 bridgehead atoms. The summed E-state index contributed by atoms with van der Waals surface area (Å²) in [5.41, 5.74) is 4.09. The van der Waals surface area contributed by atoms with Gasteiger partial charge in [0.1, 0.15) is 0 Å². The van der Waals surface area contributed by atoms with Crippen LogP contribution < -0.4 is 0 Å². The molecule has 1 aliphatic heterocycles. The van der Waals surface area contributed by atoms with Gasteiger partial charge in [0.25, 0.3) is 0 Å². The molecule has 1 aromatic heterocycles. The Balaban J connectivity index is 1.71. The van der Waals surface area contributed by atoms with E-state index in [1.807, 2.05) is 37.7 Å². The number of hydrogen-bond donors (Lipinski definition) is 0. The monoisotopic (exact) mass is 345 g/mol. The first kappa shape index (κ1) is 17.2. The summed E-state index contributed by atoms with van der Waals surface area (Å²) >= 11 is 6.01. The number of benzene rings is 1. The lowest BCUT2D eigenvalue weighted by molar-refractivity contribution is 0.0811. The van der Waals surface area contributed by atoms with Crippen LogP contribution in [0.25, 0.3) is 0 Å². The van der Waals surface area contributed by atoms with Gasteiger partial charge in [-0.25, -0.2) is 0 Å². The molecule has 128 valence electrons. The van der Waals surface area contributed by atoms with E-state index >= 15 is 0 Å². The number of halogens is 1. The lowest BCUT2D eigenvalue weighted by Crippen LogP contribution is -2.38. The van der Waals surface area contributed by atoms with Crippen molar-refractivity contribution in [3.05, 3.63) is 51.8 Å². The van der Waals surface area contributed by atoms with Crippen LogP contribution in [0.15, 0.2) is 24.4 Å². The minimum Gasteiger partial charge on any atom is -0.298 e. The van der Waals surface area contributed by atoms with Gasteiger partial charge in [0.2, 0.25) is 0 Å². The van der Waals surface area contributed by atoms with Gasteiger partial charge in [-0.1, -0.05) is 11.6 Å². The lowest BCUT2D eigenvalue weighted by Gasteiger charge is -2.32. The number of piperidine rings is 1. The number of rotatable bonds is 4. The van der Waals surface area contributed by atoms with Crippen LogP contribution in [-0.4, -0.2) is 33.6 Å². The van der Waals surface area contributed by atoms with E-state index in [1.165, 1.54) is 5.56 Å². The fourth-order valence-corrected chi connectivity index (χ4v) is 3.81. The summed E-state index contributed by atoms with van der Waals surface area (Å²) in [5, 5.41) is 5.09. The molecule has 0 aliphatic carbocycles. The van der Waals surface area contributed by atoms with Gasteiger partial charge in [0.15, 0.2) is 5.78 Å². The molecular weight excluding hydrogens is 322 g/mol. The molecular formula is C19H24ClN3O. The molecule has 24 heavy (non-hydrogen) atoms. The van der Waals surface area contributed by atoms with E-state index in [9.17, 15) is 4.79 Å². The third-order valence-corrected chi connectivity index (χ3v) is 5.07. The van der Waals surface area contributed by atoms with Crippen LogP contribution in [0.3, 0.4) is 0 Å². The van der Waals surface area contributed by atoms with Crippen molar-refractivity contribution < 1.29 is 4.79 Å². The number of Topliss-reactive ketones (excluding diaryl/α,β-unsaturated/α-hetero) is 1. The number of nitrogens with zero attached hydrogens (tertiary/aromatic N) is 3. The van der Waals surface area contributed by atoms with E-state index < -0.39 is 0 Å². The highest BCUT2D eigenvalue weighted by Gasteiger charge is 2.27. The quantitative estimate of drug-likeness (QED) is 0.791. The molecule has 5 heteroatoms. The summed E-state index contributed by atoms with van der Waals surface area (Å²) in [4.78, 5) is 15.3. The smallest absolute Gasteiger partial charge is 0.167 e. The normalized spacial score (nSPS) is 18.8. The predicted octanol–water partition coefficient (Wildman–Crippen LogP) is 3.79. The molecule has 2 heterocycles. The summed E-state index contributed by atoms with van der Waals surface area (Å²) in [7, 11) is 1.95. The zero-order chi connectivity index (χ0) is 17.3. The summed E-state index contributed by atoms with van der Waals surface area (Å²) in [6.45, 7) is 6.72. The van der Waals surface area contributed by atoms with Gasteiger partial charge in [-0.05, 0) is 57.0 Å². The molecule has 4 nitrogen and oxygen atoms in total. The summed E-state index contributed by atoms with van der Waals surface area (Å²) in [6.07, 6.45) is 4.09. The van der Waals surface area contributed by atoms with E-state index in [2.05, 4.69) is 16.2 Å². The van der Waals surface area contributed by atoms with Crippen molar-refractivity contribution in [3.63, 3.8) is 0 Å². The number of hydrogen-bond acceptors (Lipinski definition) is 3. The molecule has 2 aromatic rings. The zero-order valence-corrected chi connectivity index (χ0v) is 15.3. The maximum Gasteiger partial charge on any atom is 0.167 e. The Hall–Kier alpha value is -1.65. The molecule has 1 unspecified atom stereocenters. The van der Waals surface area contributed by atoms with Gasteiger partial charge < -0.3 is 0 Å². The SMILES string of the molecule is Cc1cc(Cl)ccc1C(=O)C1CCCN(Cc2cn(C)nc2C)C1. The van der Waals surface area contributed by atoms with Crippen molar-refractivity contribution in [3.8, 4) is 0 Å². The number of carbonyl (C=O) groups is 1. The Morgan fingerprint density at radius 2 is 2.17 bits per heavy atom. The average Bonchev–Trinajstić information content (AvgIpc) is 2.84. The standard InChI is InChI=1S/C19H24ClN3O/c1-13-9-17(20)6-7-18(13)19(24)15-5-4-8-23(11-15)12-16-10-22(3)21-14(16)2/h6-7,9-10,15H,4-5,8,11-12H2,1-3H3. The van der Waals surface area contributed by atoms with Crippen LogP contribution in [0, 0.1) is 19.8 Å². The third-order valence-electron chi connectivity index (χ3n) is 4.84. The Morgan fingerprint density at radius 3 is 2.83 bits per heavy atom. The first-order valence-corrected chi connectivity index (χ1v) is 8.83. The first-order valence-electron chi connectivity index (χ1n) is 8.46. The summed E-state index contributed by atoms with van der Waals surface area (Å²) < 4.78 is 1.86. The fraction of sp³-hybridized carbons (Fsp3) is 0.474. The van der Waals surface area contributed by atoms with Gasteiger partial charge >= 0.3 is 0 Å². The fourth-order valence-electron chi connectivity index (χ4n) is 3.58. The highest BCUT2D eigenvalue weighted by Crippen LogP contribution is 2.25. The molecule has 1 saturated heterocycles. The van der Waals surface area contributed by atoms with Gasteiger partial charge in [-0.2, -0.15) is 5.10 Å². The number of carbonyl (C=O) groups excluding carboxylic acids is 1. The maximum atomic E-state index is 12.9. The van der Waals surface area contributed by atoms with Gasteiger partial charge in [0, 0.05) is 48.4 Å². The second-order valence-corrected chi connectivity index (χ2v) is 7.25. The van der Waals surface area contributed by atoms with Crippen molar-refractivity contribution in [2.24, 2.45) is 13.0 Å². The molecule has 0 spiro atoms. The van der Waals surface area contributed by atoms with Gasteiger partial charge in [-0.3, -0.25) is 14.4 Å². The van der Waals surface area contributed by atoms with Crippen LogP contribution in [0.4, 0.5) is 0 Å². The van der Waals surface area contributed by atoms with E-state index in [0.29, 0.717) is 5.02 Å². The van der Waals surface area contributed by atoms with Crippen molar-refractivity contribution >= 4 is 17.4 Å². The van der Waals surface area contributed by atoms with Crippen molar-refractivity contribution in [1.29, 1.82) is 0 Å². The van der Waals surface area contributed by atoms with Crippen LogP contribution in [0.1, 0.15) is 40.0 Å².